The molecule has 0 aliphatic carbocycles. The normalized spacial score (nSPS) is 10.6. The van der Waals surface area contributed by atoms with Crippen molar-refractivity contribution in [1.29, 1.82) is 0 Å². The van der Waals surface area contributed by atoms with E-state index in [1.165, 1.54) is 22.7 Å². The highest BCUT2D eigenvalue weighted by atomic mass is 35.5. The van der Waals surface area contributed by atoms with E-state index in [-0.39, 0.29) is 0 Å². The Morgan fingerprint density at radius 2 is 2.12 bits per heavy atom. The molecular formula is C11H11ClN2S2. The molecule has 1 aromatic heterocycles. The van der Waals surface area contributed by atoms with E-state index in [9.17, 15) is 0 Å². The zero-order valence-electron chi connectivity index (χ0n) is 8.81. The summed E-state index contributed by atoms with van der Waals surface area (Å²) in [6.07, 6.45) is 0. The van der Waals surface area contributed by atoms with Crippen molar-refractivity contribution in [3.8, 4) is 0 Å². The SMILES string of the molecule is Cc1ccccc1CSCc1nnsc1Cl. The molecule has 0 unspecified atom stereocenters. The molecule has 0 amide bonds. The number of hydrogen-bond acceptors (Lipinski definition) is 4. The van der Waals surface area contributed by atoms with Gasteiger partial charge in [0.1, 0.15) is 10.0 Å². The number of nitrogens with zero attached hydrogens (tertiary/aromatic N) is 2. The van der Waals surface area contributed by atoms with Gasteiger partial charge in [0.05, 0.1) is 0 Å². The van der Waals surface area contributed by atoms with Crippen LogP contribution in [0, 0.1) is 6.92 Å². The van der Waals surface area contributed by atoms with E-state index < -0.39 is 0 Å². The van der Waals surface area contributed by atoms with Crippen LogP contribution in [0.15, 0.2) is 24.3 Å². The lowest BCUT2D eigenvalue weighted by atomic mass is 10.1. The molecule has 0 N–H and O–H groups in total. The molecule has 5 heteroatoms. The maximum atomic E-state index is 5.93. The molecule has 1 aromatic carbocycles. The fourth-order valence-corrected chi connectivity index (χ4v) is 3.15. The van der Waals surface area contributed by atoms with Crippen molar-refractivity contribution >= 4 is 34.9 Å². The summed E-state index contributed by atoms with van der Waals surface area (Å²) in [7, 11) is 0. The van der Waals surface area contributed by atoms with Crippen LogP contribution in [0.3, 0.4) is 0 Å². The maximum absolute atomic E-state index is 5.93. The smallest absolute Gasteiger partial charge is 0.138 e. The van der Waals surface area contributed by atoms with Crippen LogP contribution in [-0.2, 0) is 11.5 Å². The summed E-state index contributed by atoms with van der Waals surface area (Å²) in [4.78, 5) is 0. The molecule has 0 atom stereocenters. The Balaban J connectivity index is 1.89. The van der Waals surface area contributed by atoms with Crippen molar-refractivity contribution in [2.24, 2.45) is 0 Å². The van der Waals surface area contributed by atoms with Gasteiger partial charge in [-0.25, -0.2) is 0 Å². The van der Waals surface area contributed by atoms with Crippen LogP contribution >= 0.6 is 34.9 Å². The molecule has 2 rings (SSSR count). The van der Waals surface area contributed by atoms with Gasteiger partial charge in [-0.05, 0) is 18.1 Å². The van der Waals surface area contributed by atoms with Crippen LogP contribution in [0.25, 0.3) is 0 Å². The highest BCUT2D eigenvalue weighted by molar-refractivity contribution is 7.97. The third kappa shape index (κ3) is 2.97. The van der Waals surface area contributed by atoms with Gasteiger partial charge >= 0.3 is 0 Å². The first-order chi connectivity index (χ1) is 7.77. The molecule has 0 saturated carbocycles. The van der Waals surface area contributed by atoms with Crippen molar-refractivity contribution in [2.45, 2.75) is 18.4 Å². The zero-order valence-corrected chi connectivity index (χ0v) is 11.2. The number of halogens is 1. The van der Waals surface area contributed by atoms with Gasteiger partial charge in [-0.1, -0.05) is 40.4 Å². The minimum absolute atomic E-state index is 0.706. The number of thioether (sulfide) groups is 1. The van der Waals surface area contributed by atoms with Crippen LogP contribution in [0.4, 0.5) is 0 Å². The van der Waals surface area contributed by atoms with E-state index in [0.29, 0.717) is 4.34 Å². The number of aromatic nitrogens is 2. The number of rotatable bonds is 4. The second-order valence-electron chi connectivity index (χ2n) is 3.41. The molecule has 0 spiro atoms. The molecule has 2 nitrogen and oxygen atoms in total. The van der Waals surface area contributed by atoms with Gasteiger partial charge in [0.15, 0.2) is 0 Å². The van der Waals surface area contributed by atoms with Crippen molar-refractivity contribution in [1.82, 2.24) is 9.59 Å². The molecule has 0 aliphatic rings. The minimum Gasteiger partial charge on any atom is -0.151 e. The van der Waals surface area contributed by atoms with Gasteiger partial charge < -0.3 is 0 Å². The van der Waals surface area contributed by atoms with E-state index in [4.69, 9.17) is 11.6 Å². The fourth-order valence-electron chi connectivity index (χ4n) is 1.31. The second-order valence-corrected chi connectivity index (χ2v) is 5.75. The Hall–Kier alpha value is -0.580. The summed E-state index contributed by atoms with van der Waals surface area (Å²) in [5.74, 6) is 1.81. The van der Waals surface area contributed by atoms with E-state index in [1.807, 2.05) is 11.8 Å². The highest BCUT2D eigenvalue weighted by Gasteiger charge is 2.05. The molecule has 0 saturated heterocycles. The van der Waals surface area contributed by atoms with E-state index in [2.05, 4.69) is 40.8 Å². The molecule has 2 aromatic rings. The largest absolute Gasteiger partial charge is 0.151 e. The lowest BCUT2D eigenvalue weighted by Crippen LogP contribution is -1.87. The molecule has 0 fully saturated rings. The van der Waals surface area contributed by atoms with Crippen LogP contribution in [-0.4, -0.2) is 9.59 Å². The van der Waals surface area contributed by atoms with Gasteiger partial charge in [-0.3, -0.25) is 0 Å². The fraction of sp³-hybridized carbons (Fsp3) is 0.273. The monoisotopic (exact) mass is 270 g/mol. The van der Waals surface area contributed by atoms with Gasteiger partial charge in [0, 0.05) is 23.0 Å². The first kappa shape index (κ1) is 11.9. The van der Waals surface area contributed by atoms with Crippen LogP contribution in [0.5, 0.6) is 0 Å². The topological polar surface area (TPSA) is 25.8 Å². The third-order valence-corrected chi connectivity index (χ3v) is 4.24. The quantitative estimate of drug-likeness (QED) is 0.842. The molecule has 1 heterocycles. The molecule has 16 heavy (non-hydrogen) atoms. The minimum atomic E-state index is 0.706. The number of benzene rings is 1. The lowest BCUT2D eigenvalue weighted by Gasteiger charge is -2.03. The molecule has 84 valence electrons. The Labute approximate surface area is 108 Å². The van der Waals surface area contributed by atoms with E-state index in [1.54, 1.807) is 0 Å². The van der Waals surface area contributed by atoms with Gasteiger partial charge in [-0.2, -0.15) is 11.8 Å². The first-order valence-corrected chi connectivity index (χ1v) is 7.17. The van der Waals surface area contributed by atoms with Crippen molar-refractivity contribution in [3.63, 3.8) is 0 Å². The standard InChI is InChI=1S/C11H11ClN2S2/c1-8-4-2-3-5-9(8)6-15-7-10-11(12)16-14-13-10/h2-5H,6-7H2,1H3. The van der Waals surface area contributed by atoms with Crippen molar-refractivity contribution < 1.29 is 0 Å². The van der Waals surface area contributed by atoms with Gasteiger partial charge in [-0.15, -0.1) is 5.10 Å². The Kier molecular flexibility index (Phi) is 4.21. The number of hydrogen-bond donors (Lipinski definition) is 0. The maximum Gasteiger partial charge on any atom is 0.138 e. The van der Waals surface area contributed by atoms with Crippen molar-refractivity contribution in [2.75, 3.05) is 0 Å². The van der Waals surface area contributed by atoms with Crippen LogP contribution in [0.1, 0.15) is 16.8 Å². The predicted octanol–water partition coefficient (Wildman–Crippen LogP) is 3.93. The molecule has 0 bridgehead atoms. The van der Waals surface area contributed by atoms with Crippen molar-refractivity contribution in [3.05, 3.63) is 45.4 Å². The molecule has 0 aliphatic heterocycles. The summed E-state index contributed by atoms with van der Waals surface area (Å²) < 4.78 is 4.52. The summed E-state index contributed by atoms with van der Waals surface area (Å²) in [5.41, 5.74) is 3.59. The van der Waals surface area contributed by atoms with E-state index in [0.717, 1.165) is 17.2 Å². The lowest BCUT2D eigenvalue weighted by molar-refractivity contribution is 1.07. The number of aryl methyl sites for hydroxylation is 1. The van der Waals surface area contributed by atoms with Gasteiger partial charge in [0.25, 0.3) is 0 Å². The summed E-state index contributed by atoms with van der Waals surface area (Å²) in [5, 5.41) is 3.99. The Morgan fingerprint density at radius 3 is 2.81 bits per heavy atom. The zero-order chi connectivity index (χ0) is 11.4. The van der Waals surface area contributed by atoms with E-state index >= 15 is 0 Å². The van der Waals surface area contributed by atoms with Crippen LogP contribution < -0.4 is 0 Å². The average Bonchev–Trinajstić information content (AvgIpc) is 2.67. The average molecular weight is 271 g/mol. The summed E-state index contributed by atoms with van der Waals surface area (Å²) in [6, 6.07) is 8.42. The molecule has 0 radical (unpaired) electrons. The Bertz CT molecular complexity index is 471. The molecular weight excluding hydrogens is 260 g/mol. The van der Waals surface area contributed by atoms with Crippen LogP contribution in [0.2, 0.25) is 4.34 Å². The summed E-state index contributed by atoms with van der Waals surface area (Å²) in [6.45, 7) is 2.13. The van der Waals surface area contributed by atoms with Gasteiger partial charge in [0.2, 0.25) is 0 Å². The first-order valence-electron chi connectivity index (χ1n) is 4.86. The Morgan fingerprint density at radius 1 is 1.31 bits per heavy atom. The second kappa shape index (κ2) is 5.66. The third-order valence-electron chi connectivity index (χ3n) is 2.27. The predicted molar refractivity (Wildman–Crippen MR) is 71.1 cm³/mol. The summed E-state index contributed by atoms with van der Waals surface area (Å²) >= 11 is 8.99. The highest BCUT2D eigenvalue weighted by Crippen LogP contribution is 2.24.